The summed E-state index contributed by atoms with van der Waals surface area (Å²) in [5.41, 5.74) is 0. The SMILES string of the molecule is I.O=S(=O)(O)S.[KH].[NaH]. The summed E-state index contributed by atoms with van der Waals surface area (Å²) < 4.78 is 25.5. The first-order chi connectivity index (χ1) is 2.00. The first kappa shape index (κ1) is 22.6. The zero-order chi connectivity index (χ0) is 4.50. The van der Waals surface area contributed by atoms with Crippen molar-refractivity contribution in [2.45, 2.75) is 0 Å². The van der Waals surface area contributed by atoms with Crippen LogP contribution in [0.4, 0.5) is 0 Å². The fourth-order valence-corrected chi connectivity index (χ4v) is 0. The topological polar surface area (TPSA) is 54.4 Å². The molecule has 0 amide bonds. The standard InChI is InChI=1S/HI.K.Na.H2O3S2.2H/c;;;1-5(2,3)4;;/h1H;;;(H2,1,2,3,4);;. The summed E-state index contributed by atoms with van der Waals surface area (Å²) in [5.74, 6) is 0. The zero-order valence-electron chi connectivity index (χ0n) is 2.53. The third-order valence-corrected chi connectivity index (χ3v) is 0. The molecule has 8 heavy (non-hydrogen) atoms. The fraction of sp³-hybridized carbons (Fsp3) is 0. The molecular weight excluding hydrogens is 301 g/mol. The van der Waals surface area contributed by atoms with E-state index >= 15 is 0 Å². The Hall–Kier alpha value is 3.63. The minimum absolute atomic E-state index is 0. The third-order valence-electron chi connectivity index (χ3n) is 0. The van der Waals surface area contributed by atoms with Crippen LogP contribution in [-0.2, 0) is 9.15 Å². The predicted octanol–water partition coefficient (Wildman–Crippen LogP) is -0.960. The molecule has 0 aromatic carbocycles. The Balaban J connectivity index is -0.0000000267. The molecule has 44 valence electrons. The van der Waals surface area contributed by atoms with Gasteiger partial charge < -0.3 is 0 Å². The second kappa shape index (κ2) is 10.6. The zero-order valence-corrected chi connectivity index (χ0v) is 6.57. The molecule has 0 unspecified atom stereocenters. The van der Waals surface area contributed by atoms with Crippen LogP contribution < -0.4 is 0 Å². The molecule has 0 atom stereocenters. The first-order valence-corrected chi connectivity index (χ1v) is 3.19. The van der Waals surface area contributed by atoms with E-state index < -0.39 is 9.15 Å². The van der Waals surface area contributed by atoms with Gasteiger partial charge in [0, 0.05) is 0 Å². The van der Waals surface area contributed by atoms with Crippen molar-refractivity contribution >= 4 is 126 Å². The first-order valence-electron chi connectivity index (χ1n) is 0.698. The summed E-state index contributed by atoms with van der Waals surface area (Å²) in [6.45, 7) is 0. The van der Waals surface area contributed by atoms with Gasteiger partial charge in [0.05, 0.1) is 0 Å². The minimum atomic E-state index is -3.97. The Kier molecular flexibility index (Phi) is 30.0. The number of thiol groups is 1. The summed E-state index contributed by atoms with van der Waals surface area (Å²) in [6, 6.07) is 0. The molecule has 0 fully saturated rings. The van der Waals surface area contributed by atoms with Gasteiger partial charge in [-0.2, -0.15) is 8.42 Å². The van der Waals surface area contributed by atoms with Gasteiger partial charge in [0.2, 0.25) is 0 Å². The molecule has 0 saturated carbocycles. The molecule has 8 heteroatoms. The van der Waals surface area contributed by atoms with Crippen molar-refractivity contribution in [3.8, 4) is 0 Å². The molecule has 0 spiro atoms. The quantitative estimate of drug-likeness (QED) is 0.199. The molecule has 0 aliphatic rings. The van der Waals surface area contributed by atoms with Crippen LogP contribution in [-0.4, -0.2) is 93.9 Å². The Bertz CT molecular complexity index is 100. The van der Waals surface area contributed by atoms with Crippen molar-refractivity contribution in [2.75, 3.05) is 0 Å². The van der Waals surface area contributed by atoms with Crippen molar-refractivity contribution < 1.29 is 13.0 Å². The van der Waals surface area contributed by atoms with Gasteiger partial charge in [-0.1, -0.05) is 0 Å². The Morgan fingerprint density at radius 1 is 1.38 bits per heavy atom. The van der Waals surface area contributed by atoms with Gasteiger partial charge in [0.1, 0.15) is 0 Å². The van der Waals surface area contributed by atoms with E-state index in [9.17, 15) is 0 Å². The Labute approximate surface area is 135 Å². The van der Waals surface area contributed by atoms with Crippen LogP contribution in [0, 0.1) is 0 Å². The number of hydrogen-bond acceptors (Lipinski definition) is 2. The van der Waals surface area contributed by atoms with Crippen molar-refractivity contribution in [2.24, 2.45) is 0 Å². The van der Waals surface area contributed by atoms with Crippen LogP contribution in [0.3, 0.4) is 0 Å². The van der Waals surface area contributed by atoms with Gasteiger partial charge in [0.15, 0.2) is 0 Å². The molecule has 0 radical (unpaired) electrons. The normalized spacial score (nSPS) is 7.25. The maximum atomic E-state index is 9.05. The van der Waals surface area contributed by atoms with Crippen LogP contribution in [0.2, 0.25) is 0 Å². The van der Waals surface area contributed by atoms with E-state index in [1.165, 1.54) is 0 Å². The summed E-state index contributed by atoms with van der Waals surface area (Å²) in [6.07, 6.45) is 0. The predicted molar refractivity (Wildman–Crippen MR) is 50.2 cm³/mol. The Morgan fingerprint density at radius 2 is 1.38 bits per heavy atom. The summed E-state index contributed by atoms with van der Waals surface area (Å²) in [4.78, 5) is 0. The molecule has 0 aromatic rings. The number of rotatable bonds is 0. The molecule has 0 aromatic heterocycles. The van der Waals surface area contributed by atoms with Gasteiger partial charge in [-0.15, -0.1) is 24.0 Å². The van der Waals surface area contributed by atoms with Gasteiger partial charge >= 0.3 is 90.1 Å². The van der Waals surface area contributed by atoms with Crippen molar-refractivity contribution in [3.63, 3.8) is 0 Å². The second-order valence-electron chi connectivity index (χ2n) is 0.448. The molecule has 0 saturated heterocycles. The van der Waals surface area contributed by atoms with Crippen molar-refractivity contribution in [1.82, 2.24) is 0 Å². The average molecular weight is 306 g/mol. The molecule has 0 bridgehead atoms. The van der Waals surface area contributed by atoms with Gasteiger partial charge in [0.25, 0.3) is 0 Å². The van der Waals surface area contributed by atoms with E-state index in [4.69, 9.17) is 13.0 Å². The van der Waals surface area contributed by atoms with Crippen molar-refractivity contribution in [1.29, 1.82) is 0 Å². The third kappa shape index (κ3) is 54.5. The fourth-order valence-electron chi connectivity index (χ4n) is 0. The monoisotopic (exact) mass is 306 g/mol. The second-order valence-corrected chi connectivity index (χ2v) is 2.73. The molecule has 1 N–H and O–H groups in total. The maximum absolute atomic E-state index is 9.05. The number of hydrogen-bond donors (Lipinski definition) is 2. The van der Waals surface area contributed by atoms with Crippen LogP contribution in [0.5, 0.6) is 0 Å². The van der Waals surface area contributed by atoms with Crippen molar-refractivity contribution in [3.05, 3.63) is 0 Å². The molecule has 0 rings (SSSR count). The molecule has 0 heterocycles. The van der Waals surface area contributed by atoms with E-state index in [2.05, 4.69) is 11.7 Å². The van der Waals surface area contributed by atoms with Gasteiger partial charge in [-0.3, -0.25) is 4.55 Å². The summed E-state index contributed by atoms with van der Waals surface area (Å²) in [7, 11) is -3.97. The number of halogens is 1. The van der Waals surface area contributed by atoms with Crippen LogP contribution >= 0.6 is 35.6 Å². The van der Waals surface area contributed by atoms with Gasteiger partial charge in [-0.25, -0.2) is 0 Å². The summed E-state index contributed by atoms with van der Waals surface area (Å²) in [5, 5.41) is 0. The van der Waals surface area contributed by atoms with Crippen LogP contribution in [0.1, 0.15) is 0 Å². The van der Waals surface area contributed by atoms with E-state index in [-0.39, 0.29) is 105 Å². The van der Waals surface area contributed by atoms with Gasteiger partial charge in [-0.05, 0) is 11.7 Å². The van der Waals surface area contributed by atoms with E-state index in [1.807, 2.05) is 0 Å². The van der Waals surface area contributed by atoms with Crippen LogP contribution in [0.15, 0.2) is 0 Å². The van der Waals surface area contributed by atoms with E-state index in [0.29, 0.717) is 0 Å². The molecule has 3 nitrogen and oxygen atoms in total. The molecule has 0 aliphatic heterocycles. The van der Waals surface area contributed by atoms with E-state index in [1.54, 1.807) is 0 Å². The Morgan fingerprint density at radius 3 is 1.38 bits per heavy atom. The summed E-state index contributed by atoms with van der Waals surface area (Å²) >= 11 is 2.65. The van der Waals surface area contributed by atoms with E-state index in [0.717, 1.165) is 0 Å². The molecule has 0 aliphatic carbocycles. The van der Waals surface area contributed by atoms with Crippen LogP contribution in [0.25, 0.3) is 0 Å². The molecular formula is H5IKNaO3S2. The average Bonchev–Trinajstić information content (AvgIpc) is 0.722.